The molecule has 1 atom stereocenters. The highest BCUT2D eigenvalue weighted by Crippen LogP contribution is 2.32. The fourth-order valence-electron chi connectivity index (χ4n) is 3.58. The van der Waals surface area contributed by atoms with Gasteiger partial charge in [-0.25, -0.2) is 8.42 Å². The van der Waals surface area contributed by atoms with Crippen molar-refractivity contribution in [2.24, 2.45) is 0 Å². The summed E-state index contributed by atoms with van der Waals surface area (Å²) in [7, 11) is -3.80. The van der Waals surface area contributed by atoms with Gasteiger partial charge >= 0.3 is 0 Å². The monoisotopic (exact) mass is 502 g/mol. The zero-order chi connectivity index (χ0) is 23.6. The summed E-state index contributed by atoms with van der Waals surface area (Å²) in [6.45, 7) is -0.238. The van der Waals surface area contributed by atoms with E-state index in [1.165, 1.54) is 35.6 Å². The number of halogens is 1. The van der Waals surface area contributed by atoms with Crippen LogP contribution in [0.2, 0.25) is 5.02 Å². The van der Waals surface area contributed by atoms with Gasteiger partial charge in [-0.3, -0.25) is 19.3 Å². The summed E-state index contributed by atoms with van der Waals surface area (Å²) >= 11 is 7.16. The molecule has 0 aliphatic carbocycles. The van der Waals surface area contributed by atoms with Crippen LogP contribution >= 0.6 is 22.9 Å². The molecule has 1 aliphatic heterocycles. The summed E-state index contributed by atoms with van der Waals surface area (Å²) in [6, 6.07) is 15.8. The van der Waals surface area contributed by atoms with Crippen LogP contribution in [-0.2, 0) is 14.6 Å². The Balaban J connectivity index is 1.43. The number of hydrogen-bond donors (Lipinski definition) is 1. The summed E-state index contributed by atoms with van der Waals surface area (Å²) in [4.78, 5) is 39.1. The minimum Gasteiger partial charge on any atom is -0.354 e. The van der Waals surface area contributed by atoms with Crippen LogP contribution < -0.4 is 5.32 Å². The largest absolute Gasteiger partial charge is 0.354 e. The van der Waals surface area contributed by atoms with E-state index in [1.807, 2.05) is 0 Å². The Labute approximate surface area is 199 Å². The highest BCUT2D eigenvalue weighted by molar-refractivity contribution is 7.91. The lowest BCUT2D eigenvalue weighted by atomic mass is 10.1. The lowest BCUT2D eigenvalue weighted by Crippen LogP contribution is -2.36. The first-order chi connectivity index (χ1) is 15.8. The van der Waals surface area contributed by atoms with Gasteiger partial charge in [-0.05, 0) is 47.8 Å². The molecule has 10 heteroatoms. The van der Waals surface area contributed by atoms with Gasteiger partial charge in [0.2, 0.25) is 5.91 Å². The molecule has 0 unspecified atom stereocenters. The van der Waals surface area contributed by atoms with Gasteiger partial charge in [0.15, 0.2) is 9.84 Å². The lowest BCUT2D eigenvalue weighted by molar-refractivity contribution is -0.121. The third-order valence-electron chi connectivity index (χ3n) is 5.30. The van der Waals surface area contributed by atoms with Crippen molar-refractivity contribution in [2.75, 3.05) is 13.1 Å². The van der Waals surface area contributed by atoms with Gasteiger partial charge < -0.3 is 5.32 Å². The van der Waals surface area contributed by atoms with Gasteiger partial charge in [0, 0.05) is 29.4 Å². The Hall–Kier alpha value is -3.01. The fraction of sp³-hybridized carbons (Fsp3) is 0.174. The van der Waals surface area contributed by atoms with Crippen molar-refractivity contribution in [1.29, 1.82) is 0 Å². The molecule has 33 heavy (non-hydrogen) atoms. The molecule has 2 heterocycles. The average Bonchev–Trinajstić information content (AvgIpc) is 3.41. The summed E-state index contributed by atoms with van der Waals surface area (Å²) in [6.07, 6.45) is -0.135. The molecule has 7 nitrogen and oxygen atoms in total. The number of fused-ring (bicyclic) bond motifs is 1. The van der Waals surface area contributed by atoms with Crippen molar-refractivity contribution in [3.8, 4) is 0 Å². The second kappa shape index (κ2) is 9.46. The van der Waals surface area contributed by atoms with E-state index >= 15 is 0 Å². The van der Waals surface area contributed by atoms with Gasteiger partial charge in [-0.1, -0.05) is 29.8 Å². The number of imide groups is 1. The number of nitrogens with one attached hydrogen (secondary N) is 1. The molecule has 4 rings (SSSR count). The smallest absolute Gasteiger partial charge is 0.261 e. The van der Waals surface area contributed by atoms with Crippen LogP contribution in [0.3, 0.4) is 0 Å². The van der Waals surface area contributed by atoms with E-state index in [9.17, 15) is 22.8 Å². The molecule has 0 fully saturated rings. The van der Waals surface area contributed by atoms with Crippen molar-refractivity contribution in [3.05, 3.63) is 87.1 Å². The van der Waals surface area contributed by atoms with Crippen LogP contribution in [0.25, 0.3) is 0 Å². The number of nitrogens with zero attached hydrogens (tertiary/aromatic N) is 1. The fourth-order valence-corrected chi connectivity index (χ4v) is 6.49. The second-order valence-electron chi connectivity index (χ2n) is 7.36. The summed E-state index contributed by atoms with van der Waals surface area (Å²) in [5, 5.41) is 3.85. The number of rotatable bonds is 8. The molecule has 0 spiro atoms. The summed E-state index contributed by atoms with van der Waals surface area (Å²) in [5.74, 6) is -1.34. The van der Waals surface area contributed by atoms with Crippen molar-refractivity contribution < 1.29 is 22.8 Å². The Morgan fingerprint density at radius 3 is 2.18 bits per heavy atom. The number of carbonyl (C=O) groups excluding carboxylic acids is 3. The third kappa shape index (κ3) is 4.71. The molecule has 2 aromatic carbocycles. The van der Waals surface area contributed by atoms with E-state index in [1.54, 1.807) is 41.8 Å². The number of carbonyl (C=O) groups is 3. The molecule has 170 valence electrons. The van der Waals surface area contributed by atoms with Crippen LogP contribution in [0.5, 0.6) is 0 Å². The van der Waals surface area contributed by atoms with Gasteiger partial charge in [0.1, 0.15) is 5.25 Å². The van der Waals surface area contributed by atoms with Gasteiger partial charge in [-0.15, -0.1) is 11.3 Å². The first kappa shape index (κ1) is 23.2. The minimum absolute atomic E-state index is 0.0915. The van der Waals surface area contributed by atoms with Crippen LogP contribution in [0.15, 0.2) is 70.9 Å². The maximum Gasteiger partial charge on any atom is 0.261 e. The van der Waals surface area contributed by atoms with Crippen LogP contribution in [0.1, 0.15) is 37.3 Å². The summed E-state index contributed by atoms with van der Waals surface area (Å²) in [5.41, 5.74) is 0.629. The molecule has 3 aromatic rings. The first-order valence-electron chi connectivity index (χ1n) is 10.0. The SMILES string of the molecule is O=C(CCN1C(=O)c2ccccc2C1=O)NC[C@H](c1cccs1)S(=O)(=O)c1ccc(Cl)cc1. The molecule has 1 aliphatic rings. The molecule has 0 saturated carbocycles. The topological polar surface area (TPSA) is 101 Å². The maximum absolute atomic E-state index is 13.2. The zero-order valence-electron chi connectivity index (χ0n) is 17.2. The number of amides is 3. The number of hydrogen-bond acceptors (Lipinski definition) is 6. The highest BCUT2D eigenvalue weighted by Gasteiger charge is 2.35. The molecular weight excluding hydrogens is 484 g/mol. The molecule has 1 aromatic heterocycles. The number of benzene rings is 2. The average molecular weight is 503 g/mol. The Morgan fingerprint density at radius 2 is 1.61 bits per heavy atom. The Kier molecular flexibility index (Phi) is 6.64. The van der Waals surface area contributed by atoms with E-state index in [0.717, 1.165) is 4.90 Å². The number of sulfone groups is 1. The second-order valence-corrected chi connectivity index (χ2v) is 10.9. The Bertz CT molecular complexity index is 1270. The van der Waals surface area contributed by atoms with Crippen molar-refractivity contribution in [3.63, 3.8) is 0 Å². The van der Waals surface area contributed by atoms with Crippen molar-refractivity contribution >= 4 is 50.5 Å². The molecule has 1 N–H and O–H groups in total. The summed E-state index contributed by atoms with van der Waals surface area (Å²) < 4.78 is 26.5. The van der Waals surface area contributed by atoms with E-state index in [2.05, 4.69) is 5.32 Å². The quantitative estimate of drug-likeness (QED) is 0.473. The molecule has 0 bridgehead atoms. The Morgan fingerprint density at radius 1 is 0.970 bits per heavy atom. The van der Waals surface area contributed by atoms with Gasteiger partial charge in [0.05, 0.1) is 16.0 Å². The van der Waals surface area contributed by atoms with E-state index < -0.39 is 32.8 Å². The molecule has 3 amide bonds. The van der Waals surface area contributed by atoms with E-state index in [4.69, 9.17) is 11.6 Å². The molecule has 0 saturated heterocycles. The number of thiophene rings is 1. The standard InChI is InChI=1S/C23H19ClN2O5S2/c24-15-7-9-16(10-8-15)33(30,31)20(19-6-3-13-32-19)14-25-21(27)11-12-26-22(28)17-4-1-2-5-18(17)23(26)29/h1-10,13,20H,11-12,14H2,(H,25,27)/t20-/m1/s1. The zero-order valence-corrected chi connectivity index (χ0v) is 19.6. The van der Waals surface area contributed by atoms with Crippen LogP contribution in [0.4, 0.5) is 0 Å². The van der Waals surface area contributed by atoms with Crippen LogP contribution in [0, 0.1) is 0 Å². The third-order valence-corrected chi connectivity index (χ3v) is 8.79. The predicted molar refractivity (Wildman–Crippen MR) is 125 cm³/mol. The predicted octanol–water partition coefficient (Wildman–Crippen LogP) is 3.72. The van der Waals surface area contributed by atoms with E-state index in [0.29, 0.717) is 21.0 Å². The van der Waals surface area contributed by atoms with Crippen molar-refractivity contribution in [2.45, 2.75) is 16.6 Å². The minimum atomic E-state index is -3.80. The molecular formula is C23H19ClN2O5S2. The maximum atomic E-state index is 13.2. The van der Waals surface area contributed by atoms with Gasteiger partial charge in [0.25, 0.3) is 11.8 Å². The highest BCUT2D eigenvalue weighted by atomic mass is 35.5. The van der Waals surface area contributed by atoms with Gasteiger partial charge in [-0.2, -0.15) is 0 Å². The lowest BCUT2D eigenvalue weighted by Gasteiger charge is -2.18. The normalized spacial score (nSPS) is 14.3. The van der Waals surface area contributed by atoms with Crippen molar-refractivity contribution in [1.82, 2.24) is 10.2 Å². The van der Waals surface area contributed by atoms with Crippen LogP contribution in [-0.4, -0.2) is 44.1 Å². The molecule has 0 radical (unpaired) electrons. The first-order valence-corrected chi connectivity index (χ1v) is 12.8. The van der Waals surface area contributed by atoms with E-state index in [-0.39, 0.29) is 24.4 Å².